The van der Waals surface area contributed by atoms with Gasteiger partial charge in [0.2, 0.25) is 0 Å². The Bertz CT molecular complexity index is 748. The van der Waals surface area contributed by atoms with Gasteiger partial charge in [-0.15, -0.1) is 0 Å². The number of aliphatic imine (C=N–C) groups is 1. The Kier molecular flexibility index (Phi) is 8.30. The zero-order valence-corrected chi connectivity index (χ0v) is 15.7. The van der Waals surface area contributed by atoms with E-state index >= 15 is 0 Å². The Labute approximate surface area is 156 Å². The molecule has 1 aromatic carbocycles. The number of aromatic nitrogens is 1. The summed E-state index contributed by atoms with van der Waals surface area (Å²) in [5.74, 6) is 0.845. The Morgan fingerprint density at radius 3 is 2.77 bits per heavy atom. The lowest BCUT2D eigenvalue weighted by molar-refractivity contribution is 0.738. The van der Waals surface area contributed by atoms with E-state index in [1.54, 1.807) is 6.20 Å². The zero-order chi connectivity index (χ0) is 18.6. The molecule has 0 aliphatic rings. The van der Waals surface area contributed by atoms with Crippen LogP contribution in [0.5, 0.6) is 0 Å². The minimum absolute atomic E-state index is 0.700. The number of nitrogens with zero attached hydrogens (tertiary/aromatic N) is 2. The average molecular weight is 348 g/mol. The van der Waals surface area contributed by atoms with Gasteiger partial charge in [0, 0.05) is 31.0 Å². The summed E-state index contributed by atoms with van der Waals surface area (Å²) in [5, 5.41) is 6.55. The number of pyridine rings is 1. The molecule has 0 saturated carbocycles. The van der Waals surface area contributed by atoms with Crippen molar-refractivity contribution in [2.75, 3.05) is 19.6 Å². The van der Waals surface area contributed by atoms with Gasteiger partial charge in [0.05, 0.1) is 6.54 Å². The highest BCUT2D eigenvalue weighted by Gasteiger charge is 2.00. The molecule has 0 bridgehead atoms. The lowest BCUT2D eigenvalue weighted by atomic mass is 10.1. The summed E-state index contributed by atoms with van der Waals surface area (Å²) >= 11 is 0. The monoisotopic (exact) mass is 348 g/mol. The SMILES string of the molecule is C=CNC(=NCCNC/C(C)=C/c1cnccc1CC)c1ccccc1. The second-order valence-corrected chi connectivity index (χ2v) is 6.04. The van der Waals surface area contributed by atoms with E-state index in [9.17, 15) is 0 Å². The van der Waals surface area contributed by atoms with Crippen LogP contribution in [0.4, 0.5) is 0 Å². The Morgan fingerprint density at radius 2 is 2.04 bits per heavy atom. The van der Waals surface area contributed by atoms with Crippen LogP contribution in [0, 0.1) is 0 Å². The van der Waals surface area contributed by atoms with E-state index in [0.717, 1.165) is 30.9 Å². The fraction of sp³-hybridized carbons (Fsp3) is 0.273. The third kappa shape index (κ3) is 6.30. The van der Waals surface area contributed by atoms with E-state index in [4.69, 9.17) is 0 Å². The van der Waals surface area contributed by atoms with Gasteiger partial charge in [-0.25, -0.2) is 0 Å². The van der Waals surface area contributed by atoms with Crippen LogP contribution in [0.3, 0.4) is 0 Å². The lowest BCUT2D eigenvalue weighted by Crippen LogP contribution is -2.23. The van der Waals surface area contributed by atoms with Gasteiger partial charge in [0.15, 0.2) is 0 Å². The van der Waals surface area contributed by atoms with Gasteiger partial charge < -0.3 is 10.6 Å². The number of nitrogens with one attached hydrogen (secondary N) is 2. The number of rotatable bonds is 9. The normalized spacial score (nSPS) is 12.1. The highest BCUT2D eigenvalue weighted by atomic mass is 15.0. The minimum Gasteiger partial charge on any atom is -0.347 e. The molecule has 0 aliphatic heterocycles. The molecule has 0 amide bonds. The molecule has 2 aromatic rings. The van der Waals surface area contributed by atoms with Crippen molar-refractivity contribution in [2.45, 2.75) is 20.3 Å². The minimum atomic E-state index is 0.700. The first-order valence-corrected chi connectivity index (χ1v) is 9.02. The molecule has 4 nitrogen and oxygen atoms in total. The maximum absolute atomic E-state index is 4.63. The molecule has 1 aromatic heterocycles. The van der Waals surface area contributed by atoms with Crippen molar-refractivity contribution in [3.05, 3.63) is 83.8 Å². The molecule has 0 atom stereocenters. The molecule has 136 valence electrons. The molecular weight excluding hydrogens is 320 g/mol. The first kappa shape index (κ1) is 19.6. The smallest absolute Gasteiger partial charge is 0.132 e. The molecule has 0 aliphatic carbocycles. The van der Waals surface area contributed by atoms with E-state index in [-0.39, 0.29) is 0 Å². The predicted molar refractivity (Wildman–Crippen MR) is 111 cm³/mol. The fourth-order valence-corrected chi connectivity index (χ4v) is 2.65. The number of hydrogen-bond donors (Lipinski definition) is 2. The summed E-state index contributed by atoms with van der Waals surface area (Å²) in [6.07, 6.45) is 8.66. The maximum atomic E-state index is 4.63. The van der Waals surface area contributed by atoms with Crippen LogP contribution in [-0.4, -0.2) is 30.5 Å². The average Bonchev–Trinajstić information content (AvgIpc) is 2.68. The molecule has 4 heteroatoms. The number of benzene rings is 1. The molecule has 1 heterocycles. The van der Waals surface area contributed by atoms with Crippen molar-refractivity contribution in [1.82, 2.24) is 15.6 Å². The van der Waals surface area contributed by atoms with Gasteiger partial charge in [-0.1, -0.05) is 55.5 Å². The van der Waals surface area contributed by atoms with E-state index in [1.165, 1.54) is 16.7 Å². The summed E-state index contributed by atoms with van der Waals surface area (Å²) in [6.45, 7) is 10.4. The molecule has 0 saturated heterocycles. The second-order valence-electron chi connectivity index (χ2n) is 6.04. The summed E-state index contributed by atoms with van der Waals surface area (Å²) in [4.78, 5) is 8.86. The summed E-state index contributed by atoms with van der Waals surface area (Å²) < 4.78 is 0. The quantitative estimate of drug-likeness (QED) is 0.411. The number of hydrogen-bond acceptors (Lipinski definition) is 3. The molecular formula is C22H28N4. The van der Waals surface area contributed by atoms with Crippen molar-refractivity contribution in [3.8, 4) is 0 Å². The van der Waals surface area contributed by atoms with Gasteiger partial charge in [-0.3, -0.25) is 9.98 Å². The molecule has 2 N–H and O–H groups in total. The predicted octanol–water partition coefficient (Wildman–Crippen LogP) is 3.82. The summed E-state index contributed by atoms with van der Waals surface area (Å²) in [7, 11) is 0. The first-order chi connectivity index (χ1) is 12.7. The zero-order valence-electron chi connectivity index (χ0n) is 15.7. The van der Waals surface area contributed by atoms with E-state index in [2.05, 4.69) is 53.2 Å². The van der Waals surface area contributed by atoms with Gasteiger partial charge in [-0.05, 0) is 36.7 Å². The van der Waals surface area contributed by atoms with Crippen molar-refractivity contribution < 1.29 is 0 Å². The number of amidine groups is 1. The van der Waals surface area contributed by atoms with Crippen molar-refractivity contribution in [1.29, 1.82) is 0 Å². The highest BCUT2D eigenvalue weighted by Crippen LogP contribution is 2.11. The first-order valence-electron chi connectivity index (χ1n) is 9.02. The van der Waals surface area contributed by atoms with Crippen LogP contribution in [0.1, 0.15) is 30.5 Å². The van der Waals surface area contributed by atoms with Gasteiger partial charge in [0.1, 0.15) is 5.84 Å². The van der Waals surface area contributed by atoms with Gasteiger partial charge in [0.25, 0.3) is 0 Å². The molecule has 26 heavy (non-hydrogen) atoms. The van der Waals surface area contributed by atoms with E-state index in [0.29, 0.717) is 6.54 Å². The molecule has 0 radical (unpaired) electrons. The molecule has 2 rings (SSSR count). The third-order valence-corrected chi connectivity index (χ3v) is 3.98. The molecule has 0 unspecified atom stereocenters. The molecule has 0 fully saturated rings. The summed E-state index contributed by atoms with van der Waals surface area (Å²) in [5.41, 5.74) is 4.87. The fourth-order valence-electron chi connectivity index (χ4n) is 2.65. The maximum Gasteiger partial charge on any atom is 0.132 e. The largest absolute Gasteiger partial charge is 0.347 e. The standard InChI is InChI=1S/C22H28N4/c1-4-19-11-12-23-17-21(19)15-18(3)16-24-13-14-26-22(25-5-2)20-9-7-6-8-10-20/h5-12,15,17,24H,2,4,13-14,16H2,1,3H3,(H,25,26)/b18-15+. The van der Waals surface area contributed by atoms with Crippen molar-refractivity contribution in [3.63, 3.8) is 0 Å². The van der Waals surface area contributed by atoms with Crippen molar-refractivity contribution >= 4 is 11.9 Å². The van der Waals surface area contributed by atoms with Gasteiger partial charge >= 0.3 is 0 Å². The Hall–Kier alpha value is -2.72. The van der Waals surface area contributed by atoms with Crippen LogP contribution < -0.4 is 10.6 Å². The van der Waals surface area contributed by atoms with E-state index in [1.807, 2.05) is 42.7 Å². The van der Waals surface area contributed by atoms with E-state index < -0.39 is 0 Å². The summed E-state index contributed by atoms with van der Waals surface area (Å²) in [6, 6.07) is 12.2. The number of aryl methyl sites for hydroxylation is 1. The Morgan fingerprint density at radius 1 is 1.23 bits per heavy atom. The third-order valence-electron chi connectivity index (χ3n) is 3.98. The highest BCUT2D eigenvalue weighted by molar-refractivity contribution is 5.99. The Balaban J connectivity index is 1.85. The van der Waals surface area contributed by atoms with Crippen LogP contribution in [-0.2, 0) is 6.42 Å². The van der Waals surface area contributed by atoms with Crippen molar-refractivity contribution in [2.24, 2.45) is 4.99 Å². The second kappa shape index (κ2) is 11.0. The van der Waals surface area contributed by atoms with Crippen LogP contribution >= 0.6 is 0 Å². The molecule has 0 spiro atoms. The van der Waals surface area contributed by atoms with Crippen LogP contribution in [0.2, 0.25) is 0 Å². The van der Waals surface area contributed by atoms with Gasteiger partial charge in [-0.2, -0.15) is 0 Å². The van der Waals surface area contributed by atoms with Crippen LogP contribution in [0.15, 0.2) is 72.1 Å². The topological polar surface area (TPSA) is 49.3 Å². The lowest BCUT2D eigenvalue weighted by Gasteiger charge is -2.08. The van der Waals surface area contributed by atoms with Crippen LogP contribution in [0.25, 0.3) is 6.08 Å².